The van der Waals surface area contributed by atoms with Gasteiger partial charge in [-0.25, -0.2) is 4.79 Å². The first-order valence-electron chi connectivity index (χ1n) is 8.80. The summed E-state index contributed by atoms with van der Waals surface area (Å²) in [6, 6.07) is 12.2. The number of para-hydroxylation sites is 2. The zero-order chi connectivity index (χ0) is 19.8. The first-order chi connectivity index (χ1) is 13.5. The van der Waals surface area contributed by atoms with Crippen LogP contribution in [-0.4, -0.2) is 47.9 Å². The molecule has 0 bridgehead atoms. The molecule has 1 atom stereocenters. The van der Waals surface area contributed by atoms with Gasteiger partial charge >= 0.3 is 6.09 Å². The first kappa shape index (κ1) is 17.7. The molecule has 2 heterocycles. The van der Waals surface area contributed by atoms with E-state index in [9.17, 15) is 19.2 Å². The van der Waals surface area contributed by atoms with Gasteiger partial charge in [-0.15, -0.1) is 0 Å². The number of carbonyl (C=O) groups excluding carboxylic acids is 4. The summed E-state index contributed by atoms with van der Waals surface area (Å²) in [6.45, 7) is 2.13. The highest BCUT2D eigenvalue weighted by Gasteiger charge is 2.40. The van der Waals surface area contributed by atoms with E-state index in [2.05, 4.69) is 5.32 Å². The highest BCUT2D eigenvalue weighted by atomic mass is 16.6. The molecule has 142 valence electrons. The highest BCUT2D eigenvalue weighted by molar-refractivity contribution is 6.23. The lowest BCUT2D eigenvalue weighted by Gasteiger charge is -2.23. The van der Waals surface area contributed by atoms with Crippen LogP contribution in [0.2, 0.25) is 0 Å². The average molecular weight is 379 g/mol. The largest absolute Gasteiger partial charge is 0.447 e. The lowest BCUT2D eigenvalue weighted by molar-refractivity contribution is -0.119. The Bertz CT molecular complexity index is 968. The van der Waals surface area contributed by atoms with Crippen LogP contribution in [0.5, 0.6) is 0 Å². The number of hydrogen-bond acceptors (Lipinski definition) is 5. The molecular formula is C20H17N3O5. The normalized spacial score (nSPS) is 16.8. The number of hydrogen-bond donors (Lipinski definition) is 1. The van der Waals surface area contributed by atoms with E-state index >= 15 is 0 Å². The number of nitrogens with one attached hydrogen (secondary N) is 1. The van der Waals surface area contributed by atoms with Crippen LogP contribution < -0.4 is 10.2 Å². The van der Waals surface area contributed by atoms with Crippen LogP contribution in [0, 0.1) is 0 Å². The molecule has 8 nitrogen and oxygen atoms in total. The van der Waals surface area contributed by atoms with Crippen molar-refractivity contribution in [2.45, 2.75) is 13.0 Å². The molecular weight excluding hydrogens is 362 g/mol. The van der Waals surface area contributed by atoms with Gasteiger partial charge in [-0.1, -0.05) is 24.3 Å². The van der Waals surface area contributed by atoms with Crippen LogP contribution in [0.4, 0.5) is 16.2 Å². The van der Waals surface area contributed by atoms with Crippen molar-refractivity contribution >= 4 is 35.2 Å². The van der Waals surface area contributed by atoms with Gasteiger partial charge in [0.1, 0.15) is 12.6 Å². The molecule has 2 aliphatic heterocycles. The van der Waals surface area contributed by atoms with Crippen molar-refractivity contribution in [3.63, 3.8) is 0 Å². The zero-order valence-electron chi connectivity index (χ0n) is 15.0. The number of anilines is 2. The van der Waals surface area contributed by atoms with Crippen LogP contribution in [0.25, 0.3) is 0 Å². The third-order valence-corrected chi connectivity index (χ3v) is 4.81. The van der Waals surface area contributed by atoms with Gasteiger partial charge in [0, 0.05) is 0 Å². The molecule has 2 aromatic rings. The van der Waals surface area contributed by atoms with Gasteiger partial charge < -0.3 is 10.1 Å². The summed E-state index contributed by atoms with van der Waals surface area (Å²) >= 11 is 0. The van der Waals surface area contributed by atoms with Crippen molar-refractivity contribution < 1.29 is 23.9 Å². The molecule has 2 aliphatic rings. The van der Waals surface area contributed by atoms with Crippen LogP contribution >= 0.6 is 0 Å². The molecule has 0 spiro atoms. The van der Waals surface area contributed by atoms with Crippen LogP contribution in [0.15, 0.2) is 48.5 Å². The van der Waals surface area contributed by atoms with E-state index in [1.165, 1.54) is 11.8 Å². The maximum atomic E-state index is 12.8. The molecule has 4 rings (SSSR count). The summed E-state index contributed by atoms with van der Waals surface area (Å²) in [7, 11) is 0. The van der Waals surface area contributed by atoms with E-state index in [1.807, 2.05) is 0 Å². The lowest BCUT2D eigenvalue weighted by atomic mass is 10.1. The number of imide groups is 1. The summed E-state index contributed by atoms with van der Waals surface area (Å²) < 4.78 is 4.95. The molecule has 0 aliphatic carbocycles. The van der Waals surface area contributed by atoms with Gasteiger partial charge in [0.05, 0.1) is 29.0 Å². The molecule has 0 aromatic heterocycles. The number of cyclic esters (lactones) is 1. The summed E-state index contributed by atoms with van der Waals surface area (Å²) in [6.07, 6.45) is -0.491. The second-order valence-electron chi connectivity index (χ2n) is 6.47. The minimum Gasteiger partial charge on any atom is -0.447 e. The fraction of sp³-hybridized carbons (Fsp3) is 0.200. The Morgan fingerprint density at radius 2 is 1.61 bits per heavy atom. The Morgan fingerprint density at radius 3 is 2.21 bits per heavy atom. The number of ether oxygens (including phenoxy) is 1. The molecule has 1 unspecified atom stereocenters. The number of nitrogens with zero attached hydrogens (tertiary/aromatic N) is 2. The van der Waals surface area contributed by atoms with E-state index in [-0.39, 0.29) is 17.7 Å². The van der Waals surface area contributed by atoms with E-state index < -0.39 is 29.9 Å². The fourth-order valence-corrected chi connectivity index (χ4v) is 3.34. The topological polar surface area (TPSA) is 96.0 Å². The first-order valence-corrected chi connectivity index (χ1v) is 8.80. The second-order valence-corrected chi connectivity index (χ2v) is 6.47. The third-order valence-electron chi connectivity index (χ3n) is 4.81. The molecule has 8 heteroatoms. The number of rotatable bonds is 4. The smallest absolute Gasteiger partial charge is 0.414 e. The minimum absolute atomic E-state index is 0.270. The monoisotopic (exact) mass is 379 g/mol. The SMILES string of the molecule is CC(C(=O)Nc1ccccc1N1CCOC1=O)N1C(=O)c2ccccc2C1=O. The van der Waals surface area contributed by atoms with Gasteiger partial charge in [0.25, 0.3) is 11.8 Å². The van der Waals surface area contributed by atoms with Crippen LogP contribution in [-0.2, 0) is 9.53 Å². The molecule has 1 N–H and O–H groups in total. The Hall–Kier alpha value is -3.68. The second kappa shape index (κ2) is 6.80. The van der Waals surface area contributed by atoms with Crippen molar-refractivity contribution in [2.75, 3.05) is 23.4 Å². The van der Waals surface area contributed by atoms with Gasteiger partial charge in [-0.3, -0.25) is 24.2 Å². The molecule has 2 aromatic carbocycles. The predicted octanol–water partition coefficient (Wildman–Crippen LogP) is 2.27. The van der Waals surface area contributed by atoms with Gasteiger partial charge in [-0.05, 0) is 31.2 Å². The quantitative estimate of drug-likeness (QED) is 0.822. The summed E-state index contributed by atoms with van der Waals surface area (Å²) in [5.41, 5.74) is 1.46. The molecule has 1 fully saturated rings. The fourth-order valence-electron chi connectivity index (χ4n) is 3.34. The van der Waals surface area contributed by atoms with Crippen molar-refractivity contribution in [3.05, 3.63) is 59.7 Å². The van der Waals surface area contributed by atoms with E-state index in [0.717, 1.165) is 4.90 Å². The molecule has 28 heavy (non-hydrogen) atoms. The number of amides is 4. The highest BCUT2D eigenvalue weighted by Crippen LogP contribution is 2.29. The van der Waals surface area contributed by atoms with Crippen molar-refractivity contribution in [2.24, 2.45) is 0 Å². The minimum atomic E-state index is -1.02. The van der Waals surface area contributed by atoms with Crippen molar-refractivity contribution in [1.82, 2.24) is 4.90 Å². The zero-order valence-corrected chi connectivity index (χ0v) is 15.0. The molecule has 0 saturated carbocycles. The van der Waals surface area contributed by atoms with Crippen LogP contribution in [0.3, 0.4) is 0 Å². The Balaban J connectivity index is 1.56. The van der Waals surface area contributed by atoms with Gasteiger partial charge in [0.2, 0.25) is 5.91 Å². The standard InChI is InChI=1S/C20H17N3O5/c1-12(23-18(25)13-6-2-3-7-14(13)19(23)26)17(24)21-15-8-4-5-9-16(15)22-10-11-28-20(22)27/h2-9,12H,10-11H2,1H3,(H,21,24). The van der Waals surface area contributed by atoms with Crippen LogP contribution in [0.1, 0.15) is 27.6 Å². The summed E-state index contributed by atoms with van der Waals surface area (Å²) in [5, 5.41) is 2.72. The van der Waals surface area contributed by atoms with Crippen molar-refractivity contribution in [3.8, 4) is 0 Å². The Morgan fingerprint density at radius 1 is 1.00 bits per heavy atom. The van der Waals surface area contributed by atoms with E-state index in [1.54, 1.807) is 48.5 Å². The number of fused-ring (bicyclic) bond motifs is 1. The maximum Gasteiger partial charge on any atom is 0.414 e. The molecule has 1 saturated heterocycles. The maximum absolute atomic E-state index is 12.8. The molecule has 4 amide bonds. The summed E-state index contributed by atoms with van der Waals surface area (Å²) in [5.74, 6) is -1.53. The Kier molecular flexibility index (Phi) is 4.31. The number of carbonyl (C=O) groups is 4. The number of benzene rings is 2. The predicted molar refractivity (Wildman–Crippen MR) is 100 cm³/mol. The Labute approximate surface area is 160 Å². The third kappa shape index (κ3) is 2.79. The lowest BCUT2D eigenvalue weighted by Crippen LogP contribution is -2.45. The molecule has 0 radical (unpaired) electrons. The summed E-state index contributed by atoms with van der Waals surface area (Å²) in [4.78, 5) is 52.2. The van der Waals surface area contributed by atoms with E-state index in [0.29, 0.717) is 17.9 Å². The van der Waals surface area contributed by atoms with E-state index in [4.69, 9.17) is 4.74 Å². The van der Waals surface area contributed by atoms with Gasteiger partial charge in [0.15, 0.2) is 0 Å². The average Bonchev–Trinajstić information content (AvgIpc) is 3.23. The van der Waals surface area contributed by atoms with Gasteiger partial charge in [-0.2, -0.15) is 0 Å². The van der Waals surface area contributed by atoms with Crippen molar-refractivity contribution in [1.29, 1.82) is 0 Å².